The Morgan fingerprint density at radius 1 is 0.909 bits per heavy atom. The van der Waals surface area contributed by atoms with Crippen LogP contribution in [0.5, 0.6) is 11.5 Å². The van der Waals surface area contributed by atoms with E-state index in [0.717, 1.165) is 11.1 Å². The highest BCUT2D eigenvalue weighted by Crippen LogP contribution is 2.33. The number of rotatable bonds is 5. The van der Waals surface area contributed by atoms with E-state index >= 15 is 0 Å². The lowest BCUT2D eigenvalue weighted by Crippen LogP contribution is -2.33. The summed E-state index contributed by atoms with van der Waals surface area (Å²) >= 11 is 6.04. The van der Waals surface area contributed by atoms with Crippen LogP contribution in [-0.4, -0.2) is 29.4 Å². The molecule has 0 fully saturated rings. The number of hydrogen-bond donors (Lipinski definition) is 2. The van der Waals surface area contributed by atoms with Gasteiger partial charge < -0.3 is 24.5 Å². The first-order chi connectivity index (χ1) is 16.2. The fraction of sp³-hybridized carbons (Fsp3) is 0.125. The Labute approximate surface area is 194 Å². The molecular formula is C24H19ClN4O4. The van der Waals surface area contributed by atoms with Gasteiger partial charge in [-0.15, -0.1) is 10.2 Å². The number of aromatic nitrogens is 2. The van der Waals surface area contributed by atoms with E-state index in [1.54, 1.807) is 42.5 Å². The molecule has 0 saturated heterocycles. The second-order valence-electron chi connectivity index (χ2n) is 7.25. The van der Waals surface area contributed by atoms with Crippen LogP contribution >= 0.6 is 11.6 Å². The van der Waals surface area contributed by atoms with E-state index in [0.29, 0.717) is 41.3 Å². The van der Waals surface area contributed by atoms with Crippen molar-refractivity contribution in [3.05, 3.63) is 89.3 Å². The quantitative estimate of drug-likeness (QED) is 0.429. The van der Waals surface area contributed by atoms with Gasteiger partial charge in [0.15, 0.2) is 11.5 Å². The molecular weight excluding hydrogens is 444 g/mol. The molecule has 1 aliphatic rings. The molecule has 2 N–H and O–H groups in total. The van der Waals surface area contributed by atoms with Crippen molar-refractivity contribution in [3.63, 3.8) is 0 Å². The topological polar surface area (TPSA) is 98.5 Å². The molecule has 1 atom stereocenters. The smallest absolute Gasteiger partial charge is 0.320 e. The van der Waals surface area contributed by atoms with Gasteiger partial charge in [0.25, 0.3) is 0 Å². The van der Waals surface area contributed by atoms with Crippen molar-refractivity contribution in [2.24, 2.45) is 0 Å². The van der Waals surface area contributed by atoms with E-state index in [4.69, 9.17) is 25.5 Å². The summed E-state index contributed by atoms with van der Waals surface area (Å²) in [5, 5.41) is 14.6. The third-order valence-electron chi connectivity index (χ3n) is 4.99. The monoisotopic (exact) mass is 462 g/mol. The summed E-state index contributed by atoms with van der Waals surface area (Å²) < 4.78 is 17.0. The largest absolute Gasteiger partial charge is 0.486 e. The number of ether oxygens (including phenoxy) is 2. The molecule has 33 heavy (non-hydrogen) atoms. The molecule has 0 spiro atoms. The normalized spacial score (nSPS) is 13.2. The second kappa shape index (κ2) is 9.22. The van der Waals surface area contributed by atoms with Gasteiger partial charge in [-0.25, -0.2) is 4.79 Å². The van der Waals surface area contributed by atoms with Gasteiger partial charge >= 0.3 is 6.03 Å². The van der Waals surface area contributed by atoms with Crippen LogP contribution in [0, 0.1) is 0 Å². The number of halogens is 1. The van der Waals surface area contributed by atoms with Gasteiger partial charge in [-0.05, 0) is 42.0 Å². The molecule has 9 heteroatoms. The minimum Gasteiger partial charge on any atom is -0.486 e. The maximum absolute atomic E-state index is 12.9. The summed E-state index contributed by atoms with van der Waals surface area (Å²) in [6.07, 6.45) is 0. The van der Waals surface area contributed by atoms with Crippen LogP contribution in [0.4, 0.5) is 10.5 Å². The Kier molecular flexibility index (Phi) is 5.82. The fourth-order valence-corrected chi connectivity index (χ4v) is 3.54. The zero-order valence-electron chi connectivity index (χ0n) is 17.3. The van der Waals surface area contributed by atoms with Crippen LogP contribution in [-0.2, 0) is 0 Å². The fourth-order valence-electron chi connectivity index (χ4n) is 3.41. The van der Waals surface area contributed by atoms with Crippen molar-refractivity contribution in [3.8, 4) is 23.0 Å². The summed E-state index contributed by atoms with van der Waals surface area (Å²) in [6, 6.07) is 20.5. The molecule has 0 unspecified atom stereocenters. The molecule has 3 aromatic carbocycles. The van der Waals surface area contributed by atoms with Gasteiger partial charge in [0.05, 0.1) is 0 Å². The van der Waals surface area contributed by atoms with Crippen LogP contribution in [0.2, 0.25) is 5.02 Å². The Morgan fingerprint density at radius 2 is 1.67 bits per heavy atom. The Balaban J connectivity index is 1.39. The Hall–Kier alpha value is -4.04. The van der Waals surface area contributed by atoms with Crippen molar-refractivity contribution < 1.29 is 18.7 Å². The predicted molar refractivity (Wildman–Crippen MR) is 123 cm³/mol. The molecule has 166 valence electrons. The minimum absolute atomic E-state index is 0.244. The number of amides is 2. The zero-order valence-corrected chi connectivity index (χ0v) is 18.1. The molecule has 0 radical (unpaired) electrons. The second-order valence-corrected chi connectivity index (χ2v) is 7.69. The summed E-state index contributed by atoms with van der Waals surface area (Å²) in [4.78, 5) is 12.9. The number of hydrogen-bond acceptors (Lipinski definition) is 6. The number of fused-ring (bicyclic) bond motifs is 1. The van der Waals surface area contributed by atoms with Gasteiger partial charge in [-0.2, -0.15) is 0 Å². The van der Waals surface area contributed by atoms with Crippen LogP contribution in [0.1, 0.15) is 17.5 Å². The van der Waals surface area contributed by atoms with E-state index in [9.17, 15) is 4.79 Å². The van der Waals surface area contributed by atoms with Crippen LogP contribution < -0.4 is 20.1 Å². The zero-order chi connectivity index (χ0) is 22.6. The van der Waals surface area contributed by atoms with Gasteiger partial charge in [0.1, 0.15) is 19.3 Å². The third kappa shape index (κ3) is 4.75. The number of anilines is 1. The lowest BCUT2D eigenvalue weighted by molar-refractivity contribution is 0.171. The first kappa shape index (κ1) is 20.8. The van der Waals surface area contributed by atoms with Gasteiger partial charge in [-0.1, -0.05) is 41.9 Å². The molecule has 2 heterocycles. The molecule has 0 saturated carbocycles. The van der Waals surface area contributed by atoms with Crippen molar-refractivity contribution in [2.75, 3.05) is 18.5 Å². The van der Waals surface area contributed by atoms with Crippen LogP contribution in [0.25, 0.3) is 11.5 Å². The lowest BCUT2D eigenvalue weighted by Gasteiger charge is -2.20. The van der Waals surface area contributed by atoms with Crippen molar-refractivity contribution in [1.82, 2.24) is 15.5 Å². The van der Waals surface area contributed by atoms with E-state index < -0.39 is 12.1 Å². The highest BCUT2D eigenvalue weighted by molar-refractivity contribution is 6.30. The maximum Gasteiger partial charge on any atom is 0.320 e. The van der Waals surface area contributed by atoms with Gasteiger partial charge in [0.2, 0.25) is 11.8 Å². The van der Waals surface area contributed by atoms with E-state index in [-0.39, 0.29) is 5.89 Å². The number of benzene rings is 3. The van der Waals surface area contributed by atoms with Crippen molar-refractivity contribution in [2.45, 2.75) is 6.04 Å². The van der Waals surface area contributed by atoms with E-state index in [2.05, 4.69) is 20.8 Å². The molecule has 0 aliphatic carbocycles. The summed E-state index contributed by atoms with van der Waals surface area (Å²) in [6.45, 7) is 0.959. The highest BCUT2D eigenvalue weighted by Gasteiger charge is 2.24. The molecule has 1 aromatic heterocycles. The van der Waals surface area contributed by atoms with Gasteiger partial charge in [-0.3, -0.25) is 0 Å². The number of urea groups is 1. The average Bonchev–Trinajstić information content (AvgIpc) is 3.34. The first-order valence-corrected chi connectivity index (χ1v) is 10.6. The average molecular weight is 463 g/mol. The standard InChI is InChI=1S/C24H19ClN4O4/c25-17-8-6-15(7-9-17)21(23-29-28-22(33-23)16-4-2-1-3-5-16)27-24(30)26-18-10-11-19-20(14-18)32-13-12-31-19/h1-11,14,21H,12-13H2,(H2,26,27,30)/t21-/m1/s1. The minimum atomic E-state index is -0.690. The number of carbonyl (C=O) groups excluding carboxylic acids is 1. The number of nitrogens with zero attached hydrogens (tertiary/aromatic N) is 2. The molecule has 8 nitrogen and oxygen atoms in total. The predicted octanol–water partition coefficient (Wildman–Crippen LogP) is 5.07. The van der Waals surface area contributed by atoms with Crippen LogP contribution in [0.3, 0.4) is 0 Å². The van der Waals surface area contributed by atoms with Crippen molar-refractivity contribution in [1.29, 1.82) is 0 Å². The molecule has 4 aromatic rings. The number of carbonyl (C=O) groups is 1. The number of nitrogens with one attached hydrogen (secondary N) is 2. The highest BCUT2D eigenvalue weighted by atomic mass is 35.5. The summed E-state index contributed by atoms with van der Waals surface area (Å²) in [7, 11) is 0. The summed E-state index contributed by atoms with van der Waals surface area (Å²) in [5.41, 5.74) is 2.08. The van der Waals surface area contributed by atoms with Crippen LogP contribution in [0.15, 0.2) is 77.2 Å². The molecule has 2 amide bonds. The van der Waals surface area contributed by atoms with Crippen molar-refractivity contribution >= 4 is 23.3 Å². The summed E-state index contributed by atoms with van der Waals surface area (Å²) in [5.74, 6) is 1.83. The maximum atomic E-state index is 12.9. The third-order valence-corrected chi connectivity index (χ3v) is 5.24. The SMILES string of the molecule is O=C(Nc1ccc2c(c1)OCCO2)N[C@H](c1ccc(Cl)cc1)c1nnc(-c2ccccc2)o1. The molecule has 5 rings (SSSR count). The first-order valence-electron chi connectivity index (χ1n) is 10.3. The Morgan fingerprint density at radius 3 is 2.45 bits per heavy atom. The lowest BCUT2D eigenvalue weighted by atomic mass is 10.1. The molecule has 0 bridgehead atoms. The Bertz CT molecular complexity index is 1260. The van der Waals surface area contributed by atoms with E-state index in [1.807, 2.05) is 30.3 Å². The van der Waals surface area contributed by atoms with E-state index in [1.165, 1.54) is 0 Å². The van der Waals surface area contributed by atoms with Gasteiger partial charge in [0, 0.05) is 22.3 Å². The molecule has 1 aliphatic heterocycles.